The first kappa shape index (κ1) is 14.5. The second-order valence-corrected chi connectivity index (χ2v) is 6.71. The monoisotopic (exact) mass is 361 g/mol. The van der Waals surface area contributed by atoms with Gasteiger partial charge in [0, 0.05) is 13.6 Å². The zero-order valence-electron chi connectivity index (χ0n) is 9.99. The van der Waals surface area contributed by atoms with Crippen molar-refractivity contribution >= 4 is 44.8 Å². The van der Waals surface area contributed by atoms with E-state index in [-0.39, 0.29) is 10.6 Å². The first-order valence-electron chi connectivity index (χ1n) is 5.41. The maximum Gasteiger partial charge on any atom is 0.258 e. The molecule has 19 heavy (non-hydrogen) atoms. The highest BCUT2D eigenvalue weighted by Gasteiger charge is 2.19. The molecule has 2 aromatic rings. The number of amides is 1. The Balaban J connectivity index is 2.19. The minimum atomic E-state index is -0.601. The zero-order chi connectivity index (χ0) is 14.0. The summed E-state index contributed by atoms with van der Waals surface area (Å²) in [7, 11) is 1.62. The predicted octanol–water partition coefficient (Wildman–Crippen LogP) is 4.58. The van der Waals surface area contributed by atoms with Crippen LogP contribution in [-0.4, -0.2) is 17.9 Å². The molecule has 0 bridgehead atoms. The number of rotatable bonds is 3. The van der Waals surface area contributed by atoms with Gasteiger partial charge in [-0.25, -0.2) is 4.39 Å². The molecule has 0 saturated carbocycles. The lowest BCUT2D eigenvalue weighted by molar-refractivity contribution is 0.0781. The fraction of sp³-hybridized carbons (Fsp3) is 0.154. The lowest BCUT2D eigenvalue weighted by Gasteiger charge is -2.17. The van der Waals surface area contributed by atoms with Crippen LogP contribution in [0.25, 0.3) is 0 Å². The molecular weight excluding hydrogens is 353 g/mol. The van der Waals surface area contributed by atoms with Crippen LogP contribution in [-0.2, 0) is 6.54 Å². The van der Waals surface area contributed by atoms with Crippen molar-refractivity contribution in [2.24, 2.45) is 0 Å². The predicted molar refractivity (Wildman–Crippen MR) is 79.2 cm³/mol. The van der Waals surface area contributed by atoms with Gasteiger partial charge in [0.05, 0.1) is 14.4 Å². The van der Waals surface area contributed by atoms with Gasteiger partial charge in [-0.2, -0.15) is 0 Å². The molecule has 0 aliphatic carbocycles. The number of thiophene rings is 1. The molecule has 1 aromatic carbocycles. The minimum absolute atomic E-state index is 0.0824. The molecule has 2 nitrogen and oxygen atoms in total. The summed E-state index contributed by atoms with van der Waals surface area (Å²) in [5, 5.41) is 2.07. The first-order valence-corrected chi connectivity index (χ1v) is 7.46. The molecule has 6 heteroatoms. The third-order valence-corrected chi connectivity index (χ3v) is 4.43. The second kappa shape index (κ2) is 6.03. The molecule has 0 saturated heterocycles. The van der Waals surface area contributed by atoms with Crippen LogP contribution in [0.1, 0.15) is 15.9 Å². The Morgan fingerprint density at radius 1 is 1.53 bits per heavy atom. The number of nitrogens with zero attached hydrogens (tertiary/aromatic N) is 1. The quantitative estimate of drug-likeness (QED) is 0.783. The Bertz CT molecular complexity index is 596. The van der Waals surface area contributed by atoms with E-state index in [2.05, 4.69) is 15.9 Å². The first-order chi connectivity index (χ1) is 8.99. The lowest BCUT2D eigenvalue weighted by Crippen LogP contribution is -2.27. The van der Waals surface area contributed by atoms with Crippen LogP contribution in [0.2, 0.25) is 5.02 Å². The number of carbonyl (C=O) groups excluding carboxylic acids is 1. The van der Waals surface area contributed by atoms with Crippen LogP contribution in [0.3, 0.4) is 0 Å². The number of carbonyl (C=O) groups is 1. The van der Waals surface area contributed by atoms with Gasteiger partial charge in [-0.1, -0.05) is 17.7 Å². The molecule has 0 aliphatic rings. The topological polar surface area (TPSA) is 20.3 Å². The van der Waals surface area contributed by atoms with Crippen molar-refractivity contribution in [1.82, 2.24) is 4.90 Å². The van der Waals surface area contributed by atoms with E-state index in [1.165, 1.54) is 34.4 Å². The van der Waals surface area contributed by atoms with Gasteiger partial charge in [0.1, 0.15) is 5.82 Å². The van der Waals surface area contributed by atoms with Gasteiger partial charge in [-0.05, 0) is 45.1 Å². The number of benzene rings is 1. The van der Waals surface area contributed by atoms with Crippen LogP contribution in [0, 0.1) is 5.82 Å². The summed E-state index contributed by atoms with van der Waals surface area (Å²) in [6, 6.07) is 6.14. The second-order valence-electron chi connectivity index (χ2n) is 4.02. The van der Waals surface area contributed by atoms with E-state index in [0.717, 1.165) is 9.35 Å². The van der Waals surface area contributed by atoms with Crippen molar-refractivity contribution in [3.8, 4) is 0 Å². The van der Waals surface area contributed by atoms with E-state index in [0.29, 0.717) is 6.54 Å². The van der Waals surface area contributed by atoms with Crippen molar-refractivity contribution in [3.63, 3.8) is 0 Å². The molecule has 0 N–H and O–H groups in total. The fourth-order valence-electron chi connectivity index (χ4n) is 1.67. The van der Waals surface area contributed by atoms with Crippen molar-refractivity contribution in [1.29, 1.82) is 0 Å². The van der Waals surface area contributed by atoms with Crippen molar-refractivity contribution in [2.75, 3.05) is 7.05 Å². The molecule has 0 radical (unpaired) electrons. The number of halogens is 3. The van der Waals surface area contributed by atoms with E-state index in [1.807, 2.05) is 11.4 Å². The average molecular weight is 363 g/mol. The van der Waals surface area contributed by atoms with Gasteiger partial charge in [-0.3, -0.25) is 4.79 Å². The summed E-state index contributed by atoms with van der Waals surface area (Å²) in [5.41, 5.74) is 0.904. The van der Waals surface area contributed by atoms with Crippen LogP contribution in [0.15, 0.2) is 33.4 Å². The van der Waals surface area contributed by atoms with Gasteiger partial charge in [0.2, 0.25) is 0 Å². The molecule has 2 rings (SSSR count). The third-order valence-electron chi connectivity index (χ3n) is 2.56. The number of hydrogen-bond donors (Lipinski definition) is 0. The van der Waals surface area contributed by atoms with Crippen molar-refractivity contribution < 1.29 is 9.18 Å². The lowest BCUT2D eigenvalue weighted by atomic mass is 10.2. The molecule has 0 spiro atoms. The molecule has 0 atom stereocenters. The SMILES string of the molecule is CN(Cc1csc(Br)c1)C(=O)c1c(F)cccc1Cl. The largest absolute Gasteiger partial charge is 0.337 e. The molecule has 1 heterocycles. The van der Waals surface area contributed by atoms with E-state index in [1.54, 1.807) is 7.05 Å². The highest BCUT2D eigenvalue weighted by atomic mass is 79.9. The smallest absolute Gasteiger partial charge is 0.258 e. The Kier molecular flexibility index (Phi) is 4.60. The van der Waals surface area contributed by atoms with Crippen LogP contribution < -0.4 is 0 Å². The standard InChI is InChI=1S/C13H10BrClFNOS/c1-17(6-8-5-11(14)19-7-8)13(18)12-9(15)3-2-4-10(12)16/h2-5,7H,6H2,1H3. The van der Waals surface area contributed by atoms with E-state index in [9.17, 15) is 9.18 Å². The summed E-state index contributed by atoms with van der Waals surface area (Å²) in [6.07, 6.45) is 0. The van der Waals surface area contributed by atoms with Gasteiger partial charge < -0.3 is 4.90 Å². The molecule has 0 fully saturated rings. The van der Waals surface area contributed by atoms with E-state index < -0.39 is 11.7 Å². The highest BCUT2D eigenvalue weighted by molar-refractivity contribution is 9.11. The van der Waals surface area contributed by atoms with Gasteiger partial charge in [0.15, 0.2) is 0 Å². The van der Waals surface area contributed by atoms with E-state index in [4.69, 9.17) is 11.6 Å². The fourth-order valence-corrected chi connectivity index (χ4v) is 3.11. The van der Waals surface area contributed by atoms with Crippen molar-refractivity contribution in [3.05, 3.63) is 55.4 Å². The molecule has 0 unspecified atom stereocenters. The van der Waals surface area contributed by atoms with Crippen LogP contribution in [0.4, 0.5) is 4.39 Å². The average Bonchev–Trinajstić information content (AvgIpc) is 2.74. The van der Waals surface area contributed by atoms with Crippen LogP contribution >= 0.6 is 38.9 Å². The maximum atomic E-state index is 13.7. The maximum absolute atomic E-state index is 13.7. The molecule has 1 aromatic heterocycles. The Hall–Kier alpha value is -0.910. The van der Waals surface area contributed by atoms with Gasteiger partial charge >= 0.3 is 0 Å². The molecule has 0 aliphatic heterocycles. The summed E-state index contributed by atoms with van der Waals surface area (Å²) in [4.78, 5) is 13.6. The van der Waals surface area contributed by atoms with Crippen molar-refractivity contribution in [2.45, 2.75) is 6.54 Å². The molecule has 1 amide bonds. The summed E-state index contributed by atoms with van der Waals surface area (Å²) >= 11 is 10.8. The summed E-state index contributed by atoms with van der Waals surface area (Å²) < 4.78 is 14.7. The summed E-state index contributed by atoms with van der Waals surface area (Å²) in [5.74, 6) is -1.03. The normalized spacial score (nSPS) is 10.5. The molecular formula is C13H10BrClFNOS. The minimum Gasteiger partial charge on any atom is -0.337 e. The van der Waals surface area contributed by atoms with Gasteiger partial charge in [0.25, 0.3) is 5.91 Å². The zero-order valence-corrected chi connectivity index (χ0v) is 13.1. The number of hydrogen-bond acceptors (Lipinski definition) is 2. The highest BCUT2D eigenvalue weighted by Crippen LogP contribution is 2.24. The van der Waals surface area contributed by atoms with Gasteiger partial charge in [-0.15, -0.1) is 11.3 Å². The van der Waals surface area contributed by atoms with E-state index >= 15 is 0 Å². The Morgan fingerprint density at radius 3 is 2.84 bits per heavy atom. The Morgan fingerprint density at radius 2 is 2.26 bits per heavy atom. The van der Waals surface area contributed by atoms with Crippen LogP contribution in [0.5, 0.6) is 0 Å². The Labute approximate surface area is 127 Å². The molecule has 100 valence electrons. The summed E-state index contributed by atoms with van der Waals surface area (Å²) in [6.45, 7) is 0.408. The third kappa shape index (κ3) is 3.35.